The summed E-state index contributed by atoms with van der Waals surface area (Å²) in [4.78, 5) is 17.2. The first kappa shape index (κ1) is 14.7. The SMILES string of the molecule is COc1cc(-c2nc3c4cccnc4c4ncccc4c3[nH]2)ccc1O. The van der Waals surface area contributed by atoms with Gasteiger partial charge in [0, 0.05) is 28.7 Å². The van der Waals surface area contributed by atoms with Gasteiger partial charge in [-0.05, 0) is 42.5 Å². The average Bonchev–Trinajstić information content (AvgIpc) is 3.14. The summed E-state index contributed by atoms with van der Waals surface area (Å²) in [5, 5.41) is 11.7. The second-order valence-electron chi connectivity index (χ2n) is 5.99. The highest BCUT2D eigenvalue weighted by Crippen LogP contribution is 2.35. The lowest BCUT2D eigenvalue weighted by Crippen LogP contribution is -1.86. The Morgan fingerprint density at radius 2 is 1.65 bits per heavy atom. The van der Waals surface area contributed by atoms with Gasteiger partial charge in [-0.15, -0.1) is 0 Å². The van der Waals surface area contributed by atoms with E-state index in [4.69, 9.17) is 9.72 Å². The van der Waals surface area contributed by atoms with E-state index >= 15 is 0 Å². The van der Waals surface area contributed by atoms with E-state index < -0.39 is 0 Å². The Kier molecular flexibility index (Phi) is 3.05. The molecule has 126 valence electrons. The number of nitrogens with zero attached hydrogens (tertiary/aromatic N) is 3. The number of H-pyrrole nitrogens is 1. The molecule has 0 aliphatic carbocycles. The molecule has 2 N–H and O–H groups in total. The molecule has 0 saturated carbocycles. The van der Waals surface area contributed by atoms with Crippen molar-refractivity contribution in [3.63, 3.8) is 0 Å². The molecule has 2 aromatic carbocycles. The lowest BCUT2D eigenvalue weighted by molar-refractivity contribution is 0.373. The van der Waals surface area contributed by atoms with Gasteiger partial charge >= 0.3 is 0 Å². The van der Waals surface area contributed by atoms with Crippen LogP contribution in [0.5, 0.6) is 11.5 Å². The van der Waals surface area contributed by atoms with Gasteiger partial charge in [0.05, 0.1) is 29.2 Å². The number of imidazole rings is 1. The highest BCUT2D eigenvalue weighted by molar-refractivity contribution is 6.21. The molecule has 0 spiro atoms. The normalized spacial score (nSPS) is 11.4. The third kappa shape index (κ3) is 2.02. The fourth-order valence-electron chi connectivity index (χ4n) is 3.31. The molecule has 0 bridgehead atoms. The number of benzene rings is 2. The van der Waals surface area contributed by atoms with E-state index in [2.05, 4.69) is 15.0 Å². The number of pyridine rings is 2. The first-order valence-corrected chi connectivity index (χ1v) is 8.15. The summed E-state index contributed by atoms with van der Waals surface area (Å²) in [5.41, 5.74) is 4.25. The molecule has 0 amide bonds. The van der Waals surface area contributed by atoms with Gasteiger partial charge in [0.2, 0.25) is 0 Å². The molecule has 26 heavy (non-hydrogen) atoms. The van der Waals surface area contributed by atoms with Gasteiger partial charge in [-0.25, -0.2) is 4.98 Å². The quantitative estimate of drug-likeness (QED) is 0.473. The largest absolute Gasteiger partial charge is 0.504 e. The number of aromatic hydroxyl groups is 1. The van der Waals surface area contributed by atoms with Crippen molar-refractivity contribution in [3.05, 3.63) is 54.9 Å². The van der Waals surface area contributed by atoms with Crippen molar-refractivity contribution >= 4 is 32.8 Å². The van der Waals surface area contributed by atoms with E-state index in [1.807, 2.05) is 24.3 Å². The van der Waals surface area contributed by atoms with Crippen molar-refractivity contribution in [2.75, 3.05) is 7.11 Å². The summed E-state index contributed by atoms with van der Waals surface area (Å²) < 4.78 is 5.21. The van der Waals surface area contributed by atoms with Gasteiger partial charge in [-0.2, -0.15) is 0 Å². The summed E-state index contributed by atoms with van der Waals surface area (Å²) in [7, 11) is 1.52. The van der Waals surface area contributed by atoms with Crippen molar-refractivity contribution in [2.45, 2.75) is 0 Å². The van der Waals surface area contributed by atoms with Crippen molar-refractivity contribution in [2.24, 2.45) is 0 Å². The van der Waals surface area contributed by atoms with Gasteiger partial charge in [0.1, 0.15) is 5.82 Å². The lowest BCUT2D eigenvalue weighted by atomic mass is 10.1. The second kappa shape index (κ2) is 5.42. The molecular formula is C20H14N4O2. The van der Waals surface area contributed by atoms with E-state index in [0.29, 0.717) is 11.6 Å². The fraction of sp³-hybridized carbons (Fsp3) is 0.0500. The van der Waals surface area contributed by atoms with Crippen molar-refractivity contribution < 1.29 is 9.84 Å². The topological polar surface area (TPSA) is 83.9 Å². The number of aromatic amines is 1. The Balaban J connectivity index is 1.88. The molecule has 3 aromatic heterocycles. The predicted octanol–water partition coefficient (Wildman–Crippen LogP) is 4.04. The average molecular weight is 342 g/mol. The summed E-state index contributed by atoms with van der Waals surface area (Å²) >= 11 is 0. The smallest absolute Gasteiger partial charge is 0.161 e. The molecule has 0 fully saturated rings. The highest BCUT2D eigenvalue weighted by Gasteiger charge is 2.15. The fourth-order valence-corrected chi connectivity index (χ4v) is 3.31. The molecule has 6 nitrogen and oxygen atoms in total. The van der Waals surface area contributed by atoms with E-state index in [1.54, 1.807) is 30.6 Å². The van der Waals surface area contributed by atoms with E-state index in [1.165, 1.54) is 7.11 Å². The minimum Gasteiger partial charge on any atom is -0.504 e. The highest BCUT2D eigenvalue weighted by atomic mass is 16.5. The van der Waals surface area contributed by atoms with Gasteiger partial charge < -0.3 is 14.8 Å². The Morgan fingerprint density at radius 3 is 2.42 bits per heavy atom. The third-order valence-electron chi connectivity index (χ3n) is 4.52. The van der Waals surface area contributed by atoms with Crippen molar-refractivity contribution in [1.29, 1.82) is 0 Å². The summed E-state index contributed by atoms with van der Waals surface area (Å²) in [6.45, 7) is 0. The second-order valence-corrected chi connectivity index (χ2v) is 5.99. The lowest BCUT2D eigenvalue weighted by Gasteiger charge is -2.04. The molecule has 0 saturated heterocycles. The summed E-state index contributed by atoms with van der Waals surface area (Å²) in [6.07, 6.45) is 3.53. The number of methoxy groups -OCH3 is 1. The van der Waals surface area contributed by atoms with Crippen LogP contribution in [-0.4, -0.2) is 32.2 Å². The van der Waals surface area contributed by atoms with Crippen LogP contribution in [0.1, 0.15) is 0 Å². The summed E-state index contributed by atoms with van der Waals surface area (Å²) in [6, 6.07) is 13.0. The molecular weight excluding hydrogens is 328 g/mol. The van der Waals surface area contributed by atoms with Gasteiger partial charge in [0.25, 0.3) is 0 Å². The number of fused-ring (bicyclic) bond motifs is 6. The van der Waals surface area contributed by atoms with Crippen LogP contribution < -0.4 is 4.74 Å². The number of hydrogen-bond acceptors (Lipinski definition) is 5. The number of aromatic nitrogens is 4. The molecule has 3 heterocycles. The number of phenols is 1. The molecule has 0 atom stereocenters. The zero-order valence-electron chi connectivity index (χ0n) is 13.9. The molecule has 5 aromatic rings. The van der Waals surface area contributed by atoms with Crippen LogP contribution in [-0.2, 0) is 0 Å². The number of rotatable bonds is 2. The molecule has 0 unspecified atom stereocenters. The first-order valence-electron chi connectivity index (χ1n) is 8.15. The molecule has 5 rings (SSSR count). The van der Waals surface area contributed by atoms with Crippen molar-refractivity contribution in [1.82, 2.24) is 19.9 Å². The Hall–Kier alpha value is -3.67. The van der Waals surface area contributed by atoms with Crippen LogP contribution in [0.15, 0.2) is 54.9 Å². The van der Waals surface area contributed by atoms with Crippen LogP contribution in [0.3, 0.4) is 0 Å². The van der Waals surface area contributed by atoms with Gasteiger partial charge in [-0.1, -0.05) is 0 Å². The van der Waals surface area contributed by atoms with E-state index in [9.17, 15) is 5.11 Å². The monoisotopic (exact) mass is 342 g/mol. The molecule has 0 aliphatic heterocycles. The molecule has 0 aliphatic rings. The summed E-state index contributed by atoms with van der Waals surface area (Å²) in [5.74, 6) is 1.19. The first-order chi connectivity index (χ1) is 12.8. The predicted molar refractivity (Wildman–Crippen MR) is 100 cm³/mol. The zero-order chi connectivity index (χ0) is 17.7. The maximum absolute atomic E-state index is 9.83. The minimum atomic E-state index is 0.0941. The van der Waals surface area contributed by atoms with Crippen molar-refractivity contribution in [3.8, 4) is 22.9 Å². The Labute approximate surface area is 148 Å². The van der Waals surface area contributed by atoms with Gasteiger partial charge in [0.15, 0.2) is 11.5 Å². The van der Waals surface area contributed by atoms with Crippen LogP contribution in [0.4, 0.5) is 0 Å². The van der Waals surface area contributed by atoms with Crippen LogP contribution in [0.2, 0.25) is 0 Å². The van der Waals surface area contributed by atoms with E-state index in [0.717, 1.165) is 38.4 Å². The van der Waals surface area contributed by atoms with E-state index in [-0.39, 0.29) is 5.75 Å². The van der Waals surface area contributed by atoms with Crippen LogP contribution in [0, 0.1) is 0 Å². The van der Waals surface area contributed by atoms with Crippen LogP contribution in [0.25, 0.3) is 44.2 Å². The molecule has 6 heteroatoms. The standard InChI is InChI=1S/C20H14N4O2/c1-26-15-10-11(6-7-14(15)25)20-23-18-12-4-2-8-21-16(12)17-13(19(18)24-20)5-3-9-22-17/h2-10,25H,1H3,(H,23,24). The minimum absolute atomic E-state index is 0.0941. The Bertz CT molecular complexity index is 1220. The number of nitrogens with one attached hydrogen (secondary N) is 1. The maximum atomic E-state index is 9.83. The molecule has 0 radical (unpaired) electrons. The maximum Gasteiger partial charge on any atom is 0.161 e. The van der Waals surface area contributed by atoms with Crippen LogP contribution >= 0.6 is 0 Å². The number of phenolic OH excluding ortho intramolecular Hbond substituents is 1. The number of ether oxygens (including phenoxy) is 1. The zero-order valence-corrected chi connectivity index (χ0v) is 13.9. The van der Waals surface area contributed by atoms with Gasteiger partial charge in [-0.3, -0.25) is 9.97 Å². The number of hydrogen-bond donors (Lipinski definition) is 2. The Morgan fingerprint density at radius 1 is 0.923 bits per heavy atom. The third-order valence-corrected chi connectivity index (χ3v) is 4.52.